The molecule has 0 spiro atoms. The van der Waals surface area contributed by atoms with E-state index in [0.717, 1.165) is 33.7 Å². The van der Waals surface area contributed by atoms with Crippen molar-refractivity contribution in [1.29, 1.82) is 0 Å². The normalized spacial score (nSPS) is 15.4. The Morgan fingerprint density at radius 2 is 2.36 bits per heavy atom. The summed E-state index contributed by atoms with van der Waals surface area (Å²) in [6.45, 7) is 2.90. The minimum Gasteiger partial charge on any atom is -0.335 e. The lowest BCUT2D eigenvalue weighted by atomic mass is 10.2. The average Bonchev–Trinajstić information content (AvgIpc) is 2.64. The van der Waals surface area contributed by atoms with Crippen molar-refractivity contribution < 1.29 is 0 Å². The lowest BCUT2D eigenvalue weighted by Crippen LogP contribution is -2.04. The van der Waals surface area contributed by atoms with E-state index in [2.05, 4.69) is 10.3 Å². The molecule has 1 aromatic carbocycles. The molecule has 1 aromatic rings. The summed E-state index contributed by atoms with van der Waals surface area (Å²) in [5.41, 5.74) is 2.10. The zero-order valence-electron chi connectivity index (χ0n) is 7.88. The molecular formula is C10H11ClN2S. The topological polar surface area (TPSA) is 24.4 Å². The number of nitrogens with zero attached hydrogens (tertiary/aromatic N) is 1. The summed E-state index contributed by atoms with van der Waals surface area (Å²) >= 11 is 7.76. The quantitative estimate of drug-likeness (QED) is 0.796. The van der Waals surface area contributed by atoms with Crippen LogP contribution in [0.4, 0.5) is 5.69 Å². The Morgan fingerprint density at radius 1 is 1.50 bits per heavy atom. The van der Waals surface area contributed by atoms with Crippen LogP contribution in [0.1, 0.15) is 5.56 Å². The molecular weight excluding hydrogens is 216 g/mol. The van der Waals surface area contributed by atoms with E-state index >= 15 is 0 Å². The predicted molar refractivity (Wildman–Crippen MR) is 64.6 cm³/mol. The number of thioether (sulfide) groups is 1. The molecule has 0 fully saturated rings. The van der Waals surface area contributed by atoms with Crippen LogP contribution in [0.2, 0.25) is 5.02 Å². The van der Waals surface area contributed by atoms with Gasteiger partial charge in [-0.05, 0) is 24.6 Å². The van der Waals surface area contributed by atoms with Crippen molar-refractivity contribution in [2.24, 2.45) is 4.99 Å². The number of aliphatic imine (C=N–C) groups is 1. The maximum Gasteiger partial charge on any atom is 0.161 e. The van der Waals surface area contributed by atoms with Crippen LogP contribution < -0.4 is 5.32 Å². The van der Waals surface area contributed by atoms with Gasteiger partial charge in [-0.25, -0.2) is 0 Å². The van der Waals surface area contributed by atoms with Crippen molar-refractivity contribution >= 4 is 34.2 Å². The molecule has 0 saturated heterocycles. The van der Waals surface area contributed by atoms with Crippen molar-refractivity contribution in [1.82, 2.24) is 0 Å². The third-order valence-electron chi connectivity index (χ3n) is 2.01. The van der Waals surface area contributed by atoms with Gasteiger partial charge in [0.1, 0.15) is 0 Å². The molecule has 0 radical (unpaired) electrons. The van der Waals surface area contributed by atoms with Crippen LogP contribution >= 0.6 is 23.4 Å². The second kappa shape index (κ2) is 4.24. The molecule has 1 aliphatic heterocycles. The standard InChI is InChI=1S/C10H11ClN2S/c1-7-2-3-8(6-9(7)11)13-10-12-4-5-14-10/h2-3,6H,4-5H2,1H3,(H,12,13). The van der Waals surface area contributed by atoms with Gasteiger partial charge in [-0.1, -0.05) is 29.4 Å². The van der Waals surface area contributed by atoms with Crippen molar-refractivity contribution in [2.75, 3.05) is 17.6 Å². The zero-order valence-corrected chi connectivity index (χ0v) is 9.45. The molecule has 0 unspecified atom stereocenters. The largest absolute Gasteiger partial charge is 0.335 e. The third-order valence-corrected chi connectivity index (χ3v) is 3.31. The summed E-state index contributed by atoms with van der Waals surface area (Å²) in [4.78, 5) is 4.31. The van der Waals surface area contributed by atoms with Gasteiger partial charge in [-0.2, -0.15) is 0 Å². The second-order valence-electron chi connectivity index (χ2n) is 3.12. The zero-order chi connectivity index (χ0) is 9.97. The maximum atomic E-state index is 6.01. The van der Waals surface area contributed by atoms with Crippen molar-refractivity contribution in [3.8, 4) is 0 Å². The number of hydrogen-bond donors (Lipinski definition) is 1. The molecule has 14 heavy (non-hydrogen) atoms. The molecule has 0 saturated carbocycles. The van der Waals surface area contributed by atoms with E-state index in [1.807, 2.05) is 25.1 Å². The first-order valence-electron chi connectivity index (χ1n) is 4.46. The average molecular weight is 227 g/mol. The molecule has 2 nitrogen and oxygen atoms in total. The molecule has 1 aliphatic rings. The Bertz CT molecular complexity index is 376. The van der Waals surface area contributed by atoms with Crippen molar-refractivity contribution in [2.45, 2.75) is 6.92 Å². The number of halogens is 1. The smallest absolute Gasteiger partial charge is 0.161 e. The Hall–Kier alpha value is -0.670. The monoisotopic (exact) mass is 226 g/mol. The van der Waals surface area contributed by atoms with Crippen molar-refractivity contribution in [3.63, 3.8) is 0 Å². The number of amidine groups is 1. The number of nitrogens with one attached hydrogen (secondary N) is 1. The fourth-order valence-corrected chi connectivity index (χ4v) is 2.13. The van der Waals surface area contributed by atoms with E-state index in [-0.39, 0.29) is 0 Å². The highest BCUT2D eigenvalue weighted by Gasteiger charge is 2.07. The molecule has 0 bridgehead atoms. The maximum absolute atomic E-state index is 6.01. The number of hydrogen-bond acceptors (Lipinski definition) is 3. The molecule has 1 heterocycles. The first kappa shape index (κ1) is 9.87. The number of anilines is 1. The Kier molecular flexibility index (Phi) is 2.99. The van der Waals surface area contributed by atoms with Gasteiger partial charge in [0, 0.05) is 16.5 Å². The summed E-state index contributed by atoms with van der Waals surface area (Å²) < 4.78 is 0. The second-order valence-corrected chi connectivity index (χ2v) is 4.62. The van der Waals surface area contributed by atoms with E-state index in [1.165, 1.54) is 0 Å². The lowest BCUT2D eigenvalue weighted by Gasteiger charge is -2.06. The fraction of sp³-hybridized carbons (Fsp3) is 0.300. The summed E-state index contributed by atoms with van der Waals surface area (Å²) in [6.07, 6.45) is 0. The van der Waals surface area contributed by atoms with E-state index in [0.29, 0.717) is 0 Å². The van der Waals surface area contributed by atoms with Gasteiger partial charge in [-0.15, -0.1) is 0 Å². The van der Waals surface area contributed by atoms with Crippen LogP contribution in [-0.4, -0.2) is 17.5 Å². The summed E-state index contributed by atoms with van der Waals surface area (Å²) in [6, 6.07) is 5.95. The van der Waals surface area contributed by atoms with Crippen LogP contribution in [0.25, 0.3) is 0 Å². The highest BCUT2D eigenvalue weighted by Crippen LogP contribution is 2.22. The minimum atomic E-state index is 0.790. The highest BCUT2D eigenvalue weighted by atomic mass is 35.5. The van der Waals surface area contributed by atoms with Crippen molar-refractivity contribution in [3.05, 3.63) is 28.8 Å². The van der Waals surface area contributed by atoms with Gasteiger partial charge in [0.25, 0.3) is 0 Å². The number of benzene rings is 1. The first-order valence-corrected chi connectivity index (χ1v) is 5.82. The van der Waals surface area contributed by atoms with Gasteiger partial charge in [0.15, 0.2) is 5.17 Å². The summed E-state index contributed by atoms with van der Waals surface area (Å²) in [5.74, 6) is 1.07. The molecule has 0 aromatic heterocycles. The molecule has 0 amide bonds. The SMILES string of the molecule is Cc1ccc(NC2=NCCS2)cc1Cl. The fourth-order valence-electron chi connectivity index (χ4n) is 1.20. The molecule has 0 aliphatic carbocycles. The van der Waals surface area contributed by atoms with E-state index in [9.17, 15) is 0 Å². The molecule has 2 rings (SSSR count). The van der Waals surface area contributed by atoms with E-state index in [1.54, 1.807) is 11.8 Å². The lowest BCUT2D eigenvalue weighted by molar-refractivity contribution is 1.17. The molecule has 4 heteroatoms. The molecule has 1 N–H and O–H groups in total. The van der Waals surface area contributed by atoms with Crippen LogP contribution in [0.15, 0.2) is 23.2 Å². The first-order chi connectivity index (χ1) is 6.75. The van der Waals surface area contributed by atoms with Crippen LogP contribution in [0.3, 0.4) is 0 Å². The predicted octanol–water partition coefficient (Wildman–Crippen LogP) is 3.16. The Balaban J connectivity index is 2.13. The Labute approximate surface area is 92.8 Å². The summed E-state index contributed by atoms with van der Waals surface area (Å²) in [7, 11) is 0. The van der Waals surface area contributed by atoms with Crippen LogP contribution in [-0.2, 0) is 0 Å². The van der Waals surface area contributed by atoms with E-state index in [4.69, 9.17) is 11.6 Å². The van der Waals surface area contributed by atoms with Gasteiger partial charge in [-0.3, -0.25) is 4.99 Å². The van der Waals surface area contributed by atoms with E-state index < -0.39 is 0 Å². The molecule has 74 valence electrons. The molecule has 0 atom stereocenters. The number of aryl methyl sites for hydroxylation is 1. The highest BCUT2D eigenvalue weighted by molar-refractivity contribution is 8.14. The minimum absolute atomic E-state index is 0.790. The third kappa shape index (κ3) is 2.22. The summed E-state index contributed by atoms with van der Waals surface area (Å²) in [5, 5.41) is 5.02. The Morgan fingerprint density at radius 3 is 3.00 bits per heavy atom. The van der Waals surface area contributed by atoms with Gasteiger partial charge in [0.05, 0.1) is 6.54 Å². The van der Waals surface area contributed by atoms with Crippen LogP contribution in [0, 0.1) is 6.92 Å². The van der Waals surface area contributed by atoms with Crippen LogP contribution in [0.5, 0.6) is 0 Å². The number of rotatable bonds is 1. The van der Waals surface area contributed by atoms with Gasteiger partial charge < -0.3 is 5.32 Å². The van der Waals surface area contributed by atoms with Gasteiger partial charge >= 0.3 is 0 Å². The van der Waals surface area contributed by atoms with Gasteiger partial charge in [0.2, 0.25) is 0 Å².